The highest BCUT2D eigenvalue weighted by molar-refractivity contribution is 7.14. The van der Waals surface area contributed by atoms with Gasteiger partial charge >= 0.3 is 0 Å². The van der Waals surface area contributed by atoms with Crippen molar-refractivity contribution >= 4 is 17.2 Å². The minimum absolute atomic E-state index is 0.159. The van der Waals surface area contributed by atoms with Crippen LogP contribution >= 0.6 is 11.3 Å². The molecular weight excluding hydrogens is 301 g/mol. The van der Waals surface area contributed by atoms with Crippen molar-refractivity contribution < 1.29 is 14.3 Å². The topological polar surface area (TPSA) is 49.3 Å². The van der Waals surface area contributed by atoms with Crippen molar-refractivity contribution in [1.29, 1.82) is 0 Å². The number of thiophene rings is 1. The van der Waals surface area contributed by atoms with E-state index in [-0.39, 0.29) is 11.7 Å². The largest absolute Gasteiger partial charge is 0.386 e. The molecule has 0 radical (unpaired) electrons. The first-order valence-corrected chi connectivity index (χ1v) is 8.22. The molecular formula is C17H18FNO2S. The van der Waals surface area contributed by atoms with Crippen molar-refractivity contribution in [1.82, 2.24) is 5.32 Å². The van der Waals surface area contributed by atoms with Crippen LogP contribution in [-0.2, 0) is 12.8 Å². The fourth-order valence-electron chi connectivity index (χ4n) is 2.75. The van der Waals surface area contributed by atoms with E-state index < -0.39 is 12.1 Å². The van der Waals surface area contributed by atoms with Crippen molar-refractivity contribution in [2.45, 2.75) is 38.3 Å². The van der Waals surface area contributed by atoms with Crippen molar-refractivity contribution in [2.75, 3.05) is 0 Å². The highest BCUT2D eigenvalue weighted by atomic mass is 32.1. The molecule has 22 heavy (non-hydrogen) atoms. The number of halogens is 1. The van der Waals surface area contributed by atoms with Gasteiger partial charge in [-0.1, -0.05) is 12.1 Å². The molecule has 1 amide bonds. The van der Waals surface area contributed by atoms with Crippen LogP contribution in [0, 0.1) is 5.82 Å². The Labute approximate surface area is 132 Å². The van der Waals surface area contributed by atoms with E-state index in [9.17, 15) is 14.3 Å². The van der Waals surface area contributed by atoms with Gasteiger partial charge in [-0.25, -0.2) is 4.39 Å². The predicted octanol–water partition coefficient (Wildman–Crippen LogP) is 3.23. The van der Waals surface area contributed by atoms with Crippen LogP contribution in [0.5, 0.6) is 0 Å². The number of hydrogen-bond donors (Lipinski definition) is 2. The molecule has 2 N–H and O–H groups in total. The fraction of sp³-hybridized carbons (Fsp3) is 0.353. The summed E-state index contributed by atoms with van der Waals surface area (Å²) in [5.41, 5.74) is 1.87. The van der Waals surface area contributed by atoms with Crippen LogP contribution in [0.15, 0.2) is 30.3 Å². The molecule has 1 aromatic heterocycles. The molecule has 0 aliphatic heterocycles. The van der Waals surface area contributed by atoms with E-state index in [4.69, 9.17) is 0 Å². The van der Waals surface area contributed by atoms with Crippen LogP contribution < -0.4 is 5.32 Å². The Bertz CT molecular complexity index is 659. The van der Waals surface area contributed by atoms with Gasteiger partial charge in [-0.15, -0.1) is 11.3 Å². The highest BCUT2D eigenvalue weighted by Gasteiger charge is 2.22. The van der Waals surface area contributed by atoms with Gasteiger partial charge in [0.05, 0.1) is 17.0 Å². The maximum absolute atomic E-state index is 12.9. The lowest BCUT2D eigenvalue weighted by Gasteiger charge is -2.20. The molecule has 0 bridgehead atoms. The lowest BCUT2D eigenvalue weighted by Crippen LogP contribution is -2.36. The standard InChI is InChI=1S/C17H18FNO2S/c1-10(16(20)11-5-7-13(18)8-6-11)19-17(21)15-9-12-3-2-4-14(12)22-15/h5-10,16,20H,2-4H2,1H3,(H,19,21). The summed E-state index contributed by atoms with van der Waals surface area (Å²) in [6.07, 6.45) is 2.41. The summed E-state index contributed by atoms with van der Waals surface area (Å²) in [7, 11) is 0. The number of nitrogens with one attached hydrogen (secondary N) is 1. The second kappa shape index (κ2) is 6.18. The van der Waals surface area contributed by atoms with Crippen LogP contribution in [0.25, 0.3) is 0 Å². The number of carbonyl (C=O) groups is 1. The quantitative estimate of drug-likeness (QED) is 0.909. The number of hydrogen-bond acceptors (Lipinski definition) is 3. The van der Waals surface area contributed by atoms with Gasteiger partial charge < -0.3 is 10.4 Å². The molecule has 2 atom stereocenters. The van der Waals surface area contributed by atoms with Crippen molar-refractivity contribution in [3.8, 4) is 0 Å². The first-order chi connectivity index (χ1) is 10.5. The Balaban J connectivity index is 1.66. The molecule has 0 spiro atoms. The number of carbonyl (C=O) groups excluding carboxylic acids is 1. The molecule has 3 nitrogen and oxygen atoms in total. The van der Waals surface area contributed by atoms with Gasteiger partial charge in [0.1, 0.15) is 5.82 Å². The first kappa shape index (κ1) is 15.2. The molecule has 1 aromatic carbocycles. The summed E-state index contributed by atoms with van der Waals surface area (Å²) in [6.45, 7) is 1.74. The van der Waals surface area contributed by atoms with E-state index in [2.05, 4.69) is 5.32 Å². The van der Waals surface area contributed by atoms with E-state index in [1.54, 1.807) is 6.92 Å². The molecule has 1 aliphatic rings. The highest BCUT2D eigenvalue weighted by Crippen LogP contribution is 2.30. The number of fused-ring (bicyclic) bond motifs is 1. The fourth-order valence-corrected chi connectivity index (χ4v) is 3.90. The first-order valence-electron chi connectivity index (χ1n) is 7.40. The van der Waals surface area contributed by atoms with E-state index in [1.165, 1.54) is 52.5 Å². The Morgan fingerprint density at radius 3 is 2.73 bits per heavy atom. The summed E-state index contributed by atoms with van der Waals surface area (Å²) in [5, 5.41) is 13.1. The Kier molecular flexibility index (Phi) is 4.27. The zero-order valence-corrected chi connectivity index (χ0v) is 13.1. The Morgan fingerprint density at radius 2 is 2.05 bits per heavy atom. The van der Waals surface area contributed by atoms with E-state index >= 15 is 0 Å². The maximum atomic E-state index is 12.9. The molecule has 2 aromatic rings. The molecule has 5 heteroatoms. The van der Waals surface area contributed by atoms with Gasteiger partial charge in [0.2, 0.25) is 0 Å². The van der Waals surface area contributed by atoms with Crippen LogP contribution in [0.2, 0.25) is 0 Å². The van der Waals surface area contributed by atoms with Crippen LogP contribution in [0.3, 0.4) is 0 Å². The number of aliphatic hydroxyl groups is 1. The Hall–Kier alpha value is -1.72. The average Bonchev–Trinajstić information content (AvgIpc) is 3.08. The minimum Gasteiger partial charge on any atom is -0.386 e. The van der Waals surface area contributed by atoms with Crippen LogP contribution in [0.1, 0.15) is 45.1 Å². The summed E-state index contributed by atoms with van der Waals surface area (Å²) in [6, 6.07) is 7.17. The third-order valence-electron chi connectivity index (χ3n) is 4.01. The van der Waals surface area contributed by atoms with Gasteiger partial charge in [-0.2, -0.15) is 0 Å². The molecule has 1 aliphatic carbocycles. The zero-order chi connectivity index (χ0) is 15.7. The van der Waals surface area contributed by atoms with Crippen molar-refractivity contribution in [3.05, 3.63) is 57.0 Å². The zero-order valence-electron chi connectivity index (χ0n) is 12.3. The van der Waals surface area contributed by atoms with Gasteiger partial charge in [0, 0.05) is 4.88 Å². The summed E-state index contributed by atoms with van der Waals surface area (Å²) in [4.78, 5) is 14.3. The smallest absolute Gasteiger partial charge is 0.261 e. The van der Waals surface area contributed by atoms with Gasteiger partial charge in [-0.3, -0.25) is 4.79 Å². The van der Waals surface area contributed by atoms with Crippen LogP contribution in [-0.4, -0.2) is 17.1 Å². The van der Waals surface area contributed by atoms with Gasteiger partial charge in [0.15, 0.2) is 0 Å². The van der Waals surface area contributed by atoms with Gasteiger partial charge in [-0.05, 0) is 55.5 Å². The van der Waals surface area contributed by atoms with Crippen LogP contribution in [0.4, 0.5) is 4.39 Å². The van der Waals surface area contributed by atoms with Crippen molar-refractivity contribution in [3.63, 3.8) is 0 Å². The molecule has 1 heterocycles. The summed E-state index contributed by atoms with van der Waals surface area (Å²) >= 11 is 1.54. The number of amides is 1. The lowest BCUT2D eigenvalue weighted by atomic mass is 10.0. The number of rotatable bonds is 4. The summed E-state index contributed by atoms with van der Waals surface area (Å²) in [5.74, 6) is -0.506. The molecule has 2 unspecified atom stereocenters. The molecule has 3 rings (SSSR count). The number of aryl methyl sites for hydroxylation is 2. The summed E-state index contributed by atoms with van der Waals surface area (Å²) < 4.78 is 12.9. The third kappa shape index (κ3) is 3.05. The van der Waals surface area contributed by atoms with Crippen molar-refractivity contribution in [2.24, 2.45) is 0 Å². The third-order valence-corrected chi connectivity index (χ3v) is 5.25. The normalized spacial score (nSPS) is 16.1. The van der Waals surface area contributed by atoms with E-state index in [0.717, 1.165) is 12.8 Å². The number of aliphatic hydroxyl groups excluding tert-OH is 1. The SMILES string of the molecule is CC(NC(=O)c1cc2c(s1)CCC2)C(O)c1ccc(F)cc1. The second-order valence-corrected chi connectivity index (χ2v) is 6.81. The maximum Gasteiger partial charge on any atom is 0.261 e. The predicted molar refractivity (Wildman–Crippen MR) is 84.6 cm³/mol. The lowest BCUT2D eigenvalue weighted by molar-refractivity contribution is 0.0855. The van der Waals surface area contributed by atoms with Gasteiger partial charge in [0.25, 0.3) is 5.91 Å². The Morgan fingerprint density at radius 1 is 1.32 bits per heavy atom. The molecule has 116 valence electrons. The van der Waals surface area contributed by atoms with E-state index in [0.29, 0.717) is 10.4 Å². The average molecular weight is 319 g/mol. The molecule has 0 saturated carbocycles. The minimum atomic E-state index is -0.864. The second-order valence-electron chi connectivity index (χ2n) is 5.67. The number of benzene rings is 1. The molecule has 0 fully saturated rings. The molecule has 0 saturated heterocycles. The van der Waals surface area contributed by atoms with E-state index in [1.807, 2.05) is 6.07 Å². The monoisotopic (exact) mass is 319 g/mol.